The maximum absolute atomic E-state index is 5.33. The number of aliphatic imine (C=N–C) groups is 1. The van der Waals surface area contributed by atoms with Crippen LogP contribution in [-0.4, -0.2) is 24.2 Å². The summed E-state index contributed by atoms with van der Waals surface area (Å²) in [4.78, 5) is 4.56. The quantitative estimate of drug-likeness (QED) is 0.449. The fourth-order valence-electron chi connectivity index (χ4n) is 1.79. The van der Waals surface area contributed by atoms with E-state index < -0.39 is 0 Å². The molecule has 0 saturated carbocycles. The van der Waals surface area contributed by atoms with Crippen LogP contribution >= 0.6 is 0 Å². The van der Waals surface area contributed by atoms with Gasteiger partial charge >= 0.3 is 0 Å². The largest absolute Gasteiger partial charge is 0.361 e. The van der Waals surface area contributed by atoms with Crippen molar-refractivity contribution in [2.24, 2.45) is 4.99 Å². The van der Waals surface area contributed by atoms with Crippen LogP contribution in [0.15, 0.2) is 22.2 Å². The van der Waals surface area contributed by atoms with Crippen LogP contribution in [0.4, 0.5) is 0 Å². The molecule has 0 aliphatic rings. The van der Waals surface area contributed by atoms with E-state index in [4.69, 9.17) is 4.52 Å². The molecule has 0 aliphatic heterocycles. The van der Waals surface area contributed by atoms with Crippen LogP contribution in [0.2, 0.25) is 0 Å². The third kappa shape index (κ3) is 4.43. The van der Waals surface area contributed by atoms with Gasteiger partial charge in [-0.2, -0.15) is 0 Å². The van der Waals surface area contributed by atoms with E-state index in [2.05, 4.69) is 41.2 Å². The lowest BCUT2D eigenvalue weighted by molar-refractivity contribution is 0.380. The topological polar surface area (TPSA) is 62.5 Å². The van der Waals surface area contributed by atoms with Gasteiger partial charge in [0, 0.05) is 25.1 Å². The summed E-state index contributed by atoms with van der Waals surface area (Å²) in [7, 11) is 0. The van der Waals surface area contributed by atoms with Gasteiger partial charge in [-0.15, -0.1) is 6.58 Å². The van der Waals surface area contributed by atoms with Crippen molar-refractivity contribution >= 4 is 5.96 Å². The molecule has 5 heteroatoms. The number of rotatable bonds is 7. The Morgan fingerprint density at radius 2 is 2.11 bits per heavy atom. The van der Waals surface area contributed by atoms with E-state index in [0.29, 0.717) is 13.1 Å². The lowest BCUT2D eigenvalue weighted by Crippen LogP contribution is -2.37. The SMILES string of the molecule is C=CCNC(=NCc1c(CC)noc1CC)NCC. The zero-order valence-electron chi connectivity index (χ0n) is 12.1. The maximum Gasteiger partial charge on any atom is 0.191 e. The summed E-state index contributed by atoms with van der Waals surface area (Å²) >= 11 is 0. The molecule has 1 heterocycles. The highest BCUT2D eigenvalue weighted by atomic mass is 16.5. The molecule has 0 atom stereocenters. The second-order valence-corrected chi connectivity index (χ2v) is 4.10. The molecule has 1 aromatic rings. The molecule has 0 aromatic carbocycles. The molecule has 0 spiro atoms. The number of nitrogens with one attached hydrogen (secondary N) is 2. The van der Waals surface area contributed by atoms with Gasteiger partial charge in [0.2, 0.25) is 0 Å². The molecular formula is C14H24N4O. The van der Waals surface area contributed by atoms with Crippen molar-refractivity contribution in [2.45, 2.75) is 40.2 Å². The van der Waals surface area contributed by atoms with Crippen molar-refractivity contribution in [3.05, 3.63) is 29.7 Å². The minimum atomic E-state index is 0.586. The Balaban J connectivity index is 2.80. The third-order valence-electron chi connectivity index (χ3n) is 2.76. The molecular weight excluding hydrogens is 240 g/mol. The molecule has 0 bridgehead atoms. The minimum Gasteiger partial charge on any atom is -0.361 e. The number of hydrogen-bond donors (Lipinski definition) is 2. The maximum atomic E-state index is 5.33. The molecule has 19 heavy (non-hydrogen) atoms. The summed E-state index contributed by atoms with van der Waals surface area (Å²) in [5, 5.41) is 10.5. The zero-order chi connectivity index (χ0) is 14.1. The number of aromatic nitrogens is 1. The lowest BCUT2D eigenvalue weighted by Gasteiger charge is -2.09. The Bertz CT molecular complexity index is 402. The molecule has 1 aromatic heterocycles. The van der Waals surface area contributed by atoms with Gasteiger partial charge in [-0.1, -0.05) is 25.1 Å². The minimum absolute atomic E-state index is 0.586. The average molecular weight is 264 g/mol. The number of guanidine groups is 1. The van der Waals surface area contributed by atoms with Gasteiger partial charge in [0.1, 0.15) is 5.76 Å². The molecule has 2 N–H and O–H groups in total. The summed E-state index contributed by atoms with van der Waals surface area (Å²) < 4.78 is 5.33. The second kappa shape index (κ2) is 8.34. The van der Waals surface area contributed by atoms with Gasteiger partial charge in [0.05, 0.1) is 12.2 Å². The summed E-state index contributed by atoms with van der Waals surface area (Å²) in [6.07, 6.45) is 3.51. The number of hydrogen-bond acceptors (Lipinski definition) is 3. The van der Waals surface area contributed by atoms with Crippen LogP contribution in [0, 0.1) is 0 Å². The number of nitrogens with zero attached hydrogens (tertiary/aromatic N) is 2. The molecule has 0 saturated heterocycles. The smallest absolute Gasteiger partial charge is 0.191 e. The normalized spacial score (nSPS) is 11.4. The Labute approximate surface area is 115 Å². The summed E-state index contributed by atoms with van der Waals surface area (Å²) in [5.74, 6) is 1.72. The average Bonchev–Trinajstić information content (AvgIpc) is 2.83. The summed E-state index contributed by atoms with van der Waals surface area (Å²) in [6, 6.07) is 0. The van der Waals surface area contributed by atoms with Gasteiger partial charge < -0.3 is 15.2 Å². The van der Waals surface area contributed by atoms with E-state index in [1.54, 1.807) is 6.08 Å². The fraction of sp³-hybridized carbons (Fsp3) is 0.571. The van der Waals surface area contributed by atoms with Crippen LogP contribution in [0.5, 0.6) is 0 Å². The van der Waals surface area contributed by atoms with Crippen LogP contribution < -0.4 is 10.6 Å². The highest BCUT2D eigenvalue weighted by Gasteiger charge is 2.12. The number of aryl methyl sites for hydroxylation is 2. The van der Waals surface area contributed by atoms with Crippen molar-refractivity contribution in [1.29, 1.82) is 0 Å². The second-order valence-electron chi connectivity index (χ2n) is 4.10. The lowest BCUT2D eigenvalue weighted by atomic mass is 10.1. The van der Waals surface area contributed by atoms with Crippen LogP contribution in [0.3, 0.4) is 0 Å². The molecule has 5 nitrogen and oxygen atoms in total. The standard InChI is InChI=1S/C14H24N4O/c1-5-9-16-14(15-8-4)17-10-11-12(6-2)18-19-13(11)7-3/h5H,1,6-10H2,2-4H3,(H2,15,16,17). The van der Waals surface area contributed by atoms with E-state index in [-0.39, 0.29) is 0 Å². The van der Waals surface area contributed by atoms with Crippen LogP contribution in [0.1, 0.15) is 37.8 Å². The Morgan fingerprint density at radius 1 is 1.32 bits per heavy atom. The van der Waals surface area contributed by atoms with Gasteiger partial charge in [-0.3, -0.25) is 0 Å². The molecule has 0 radical (unpaired) electrons. The molecule has 0 aliphatic carbocycles. The molecule has 0 unspecified atom stereocenters. The van der Waals surface area contributed by atoms with Gasteiger partial charge in [0.15, 0.2) is 5.96 Å². The first-order chi connectivity index (χ1) is 9.26. The van der Waals surface area contributed by atoms with E-state index in [9.17, 15) is 0 Å². The Kier molecular flexibility index (Phi) is 6.71. The van der Waals surface area contributed by atoms with E-state index in [1.165, 1.54) is 0 Å². The molecule has 0 amide bonds. The van der Waals surface area contributed by atoms with Gasteiger partial charge in [0.25, 0.3) is 0 Å². The Morgan fingerprint density at radius 3 is 2.68 bits per heavy atom. The van der Waals surface area contributed by atoms with Crippen LogP contribution in [-0.2, 0) is 19.4 Å². The predicted molar refractivity (Wildman–Crippen MR) is 78.3 cm³/mol. The van der Waals surface area contributed by atoms with Crippen molar-refractivity contribution in [3.8, 4) is 0 Å². The van der Waals surface area contributed by atoms with Crippen molar-refractivity contribution in [2.75, 3.05) is 13.1 Å². The first-order valence-electron chi connectivity index (χ1n) is 6.86. The third-order valence-corrected chi connectivity index (χ3v) is 2.76. The van der Waals surface area contributed by atoms with Crippen molar-refractivity contribution in [3.63, 3.8) is 0 Å². The fourth-order valence-corrected chi connectivity index (χ4v) is 1.79. The highest BCUT2D eigenvalue weighted by molar-refractivity contribution is 5.79. The first-order valence-corrected chi connectivity index (χ1v) is 6.86. The van der Waals surface area contributed by atoms with Crippen molar-refractivity contribution in [1.82, 2.24) is 15.8 Å². The predicted octanol–water partition coefficient (Wildman–Crippen LogP) is 2.04. The van der Waals surface area contributed by atoms with Crippen LogP contribution in [0.25, 0.3) is 0 Å². The first kappa shape index (κ1) is 15.3. The monoisotopic (exact) mass is 264 g/mol. The highest BCUT2D eigenvalue weighted by Crippen LogP contribution is 2.16. The summed E-state index contributed by atoms with van der Waals surface area (Å²) in [6.45, 7) is 12.0. The van der Waals surface area contributed by atoms with Gasteiger partial charge in [-0.05, 0) is 13.3 Å². The van der Waals surface area contributed by atoms with Gasteiger partial charge in [-0.25, -0.2) is 4.99 Å². The Hall–Kier alpha value is -1.78. The molecule has 1 rings (SSSR count). The van der Waals surface area contributed by atoms with E-state index >= 15 is 0 Å². The van der Waals surface area contributed by atoms with Crippen molar-refractivity contribution < 1.29 is 4.52 Å². The molecule has 0 fully saturated rings. The summed E-state index contributed by atoms with van der Waals surface area (Å²) in [5.41, 5.74) is 2.11. The molecule has 106 valence electrons. The van der Waals surface area contributed by atoms with E-state index in [1.807, 2.05) is 6.92 Å². The van der Waals surface area contributed by atoms with E-state index in [0.717, 1.165) is 42.4 Å². The zero-order valence-corrected chi connectivity index (χ0v) is 12.1.